The summed E-state index contributed by atoms with van der Waals surface area (Å²) in [5, 5.41) is 3.45. The first kappa shape index (κ1) is 15.2. The van der Waals surface area contributed by atoms with Crippen molar-refractivity contribution in [3.05, 3.63) is 56.5 Å². The fourth-order valence-electron chi connectivity index (χ4n) is 1.71. The molecule has 0 aromatic heterocycles. The summed E-state index contributed by atoms with van der Waals surface area (Å²) in [5.41, 5.74) is 7.54. The normalized spacial score (nSPS) is 10.3. The Morgan fingerprint density at radius 2 is 1.80 bits per heavy atom. The Kier molecular flexibility index (Phi) is 4.91. The summed E-state index contributed by atoms with van der Waals surface area (Å²) in [4.78, 5) is 12.0. The van der Waals surface area contributed by atoms with Crippen molar-refractivity contribution < 1.29 is 4.79 Å². The average Bonchev–Trinajstić information content (AvgIpc) is 2.36. The lowest BCUT2D eigenvalue weighted by atomic mass is 10.1. The molecule has 6 heteroatoms. The first-order chi connectivity index (χ1) is 9.47. The van der Waals surface area contributed by atoms with Crippen molar-refractivity contribution in [1.82, 2.24) is 0 Å². The number of benzene rings is 2. The minimum absolute atomic E-state index is 0.162. The molecule has 20 heavy (non-hydrogen) atoms. The third-order valence-corrected chi connectivity index (χ3v) is 3.73. The molecular formula is C14H11BrCl2N2O. The predicted molar refractivity (Wildman–Crippen MR) is 87.4 cm³/mol. The number of nitrogen functional groups attached to an aromatic ring is 1. The maximum atomic E-state index is 12.0. The van der Waals surface area contributed by atoms with Crippen molar-refractivity contribution >= 4 is 56.4 Å². The monoisotopic (exact) mass is 372 g/mol. The molecule has 0 aliphatic rings. The van der Waals surface area contributed by atoms with Crippen molar-refractivity contribution in [2.75, 3.05) is 11.1 Å². The Hall–Kier alpha value is -1.23. The Labute approximate surface area is 135 Å². The molecule has 2 aromatic carbocycles. The third-order valence-electron chi connectivity index (χ3n) is 2.68. The van der Waals surface area contributed by atoms with Crippen molar-refractivity contribution in [1.29, 1.82) is 0 Å². The molecule has 3 nitrogen and oxygen atoms in total. The number of carbonyl (C=O) groups excluding carboxylic acids is 1. The van der Waals surface area contributed by atoms with Crippen molar-refractivity contribution in [2.24, 2.45) is 0 Å². The summed E-state index contributed by atoms with van der Waals surface area (Å²) in [6.07, 6.45) is 0.162. The molecule has 0 saturated heterocycles. The number of halogens is 3. The van der Waals surface area contributed by atoms with Crippen LogP contribution >= 0.6 is 39.1 Å². The Morgan fingerprint density at radius 1 is 1.20 bits per heavy atom. The number of nitrogens with one attached hydrogen (secondary N) is 1. The van der Waals surface area contributed by atoms with Crippen LogP contribution in [0.4, 0.5) is 11.4 Å². The lowest BCUT2D eigenvalue weighted by molar-refractivity contribution is -0.115. The predicted octanol–water partition coefficient (Wildman–Crippen LogP) is 4.52. The van der Waals surface area contributed by atoms with Gasteiger partial charge in [-0.3, -0.25) is 4.79 Å². The molecule has 0 fully saturated rings. The van der Waals surface area contributed by atoms with E-state index in [0.717, 1.165) is 10.0 Å². The molecule has 0 radical (unpaired) electrons. The van der Waals surface area contributed by atoms with Crippen LogP contribution in [0.15, 0.2) is 40.9 Å². The molecule has 2 rings (SSSR count). The van der Waals surface area contributed by atoms with Crippen molar-refractivity contribution in [3.8, 4) is 0 Å². The van der Waals surface area contributed by atoms with E-state index >= 15 is 0 Å². The standard InChI is InChI=1S/C14H11BrCl2N2O/c15-9-6-10(16)14(11(17)7-9)19-13(20)5-8-3-1-2-4-12(8)18/h1-4,6-7H,5,18H2,(H,19,20). The van der Waals surface area contributed by atoms with E-state index in [-0.39, 0.29) is 12.3 Å². The van der Waals surface area contributed by atoms with Gasteiger partial charge in [-0.25, -0.2) is 0 Å². The van der Waals surface area contributed by atoms with E-state index in [1.54, 1.807) is 24.3 Å². The Morgan fingerprint density at radius 3 is 2.40 bits per heavy atom. The molecule has 3 N–H and O–H groups in total. The van der Waals surface area contributed by atoms with E-state index in [4.69, 9.17) is 28.9 Å². The molecular weight excluding hydrogens is 363 g/mol. The number of carbonyl (C=O) groups is 1. The minimum atomic E-state index is -0.228. The molecule has 0 heterocycles. The van der Waals surface area contributed by atoms with Crippen LogP contribution in [0.25, 0.3) is 0 Å². The first-order valence-electron chi connectivity index (χ1n) is 5.75. The zero-order chi connectivity index (χ0) is 14.7. The number of hydrogen-bond acceptors (Lipinski definition) is 2. The quantitative estimate of drug-likeness (QED) is 0.777. The van der Waals surface area contributed by atoms with Crippen LogP contribution in [0.3, 0.4) is 0 Å². The summed E-state index contributed by atoms with van der Waals surface area (Å²) in [7, 11) is 0. The second-order valence-corrected chi connectivity index (χ2v) is 5.90. The first-order valence-corrected chi connectivity index (χ1v) is 7.30. The summed E-state index contributed by atoms with van der Waals surface area (Å²) in [6, 6.07) is 10.5. The number of amides is 1. The van der Waals surface area contributed by atoms with Crippen LogP contribution in [-0.2, 0) is 11.2 Å². The van der Waals surface area contributed by atoms with Gasteiger partial charge < -0.3 is 11.1 Å². The number of hydrogen-bond donors (Lipinski definition) is 2. The van der Waals surface area contributed by atoms with Gasteiger partial charge in [-0.05, 0) is 23.8 Å². The van der Waals surface area contributed by atoms with E-state index in [9.17, 15) is 4.79 Å². The average molecular weight is 374 g/mol. The van der Waals surface area contributed by atoms with Crippen LogP contribution < -0.4 is 11.1 Å². The number of nitrogens with two attached hydrogens (primary N) is 1. The molecule has 0 bridgehead atoms. The van der Waals surface area contributed by atoms with Gasteiger partial charge in [0.15, 0.2) is 0 Å². The van der Waals surface area contributed by atoms with Gasteiger partial charge in [-0.2, -0.15) is 0 Å². The van der Waals surface area contributed by atoms with Gasteiger partial charge in [0.1, 0.15) is 0 Å². The van der Waals surface area contributed by atoms with Gasteiger partial charge in [0.05, 0.1) is 22.2 Å². The number of para-hydroxylation sites is 1. The van der Waals surface area contributed by atoms with Crippen LogP contribution in [0.2, 0.25) is 10.0 Å². The maximum absolute atomic E-state index is 12.0. The summed E-state index contributed by atoms with van der Waals surface area (Å²) in [6.45, 7) is 0. The van der Waals surface area contributed by atoms with Crippen LogP contribution in [-0.4, -0.2) is 5.91 Å². The zero-order valence-corrected chi connectivity index (χ0v) is 13.4. The second kappa shape index (κ2) is 6.48. The molecule has 0 unspecified atom stereocenters. The molecule has 0 aliphatic heterocycles. The zero-order valence-electron chi connectivity index (χ0n) is 10.3. The molecule has 0 atom stereocenters. The van der Waals surface area contributed by atoms with Crippen molar-refractivity contribution in [2.45, 2.75) is 6.42 Å². The lowest BCUT2D eigenvalue weighted by Crippen LogP contribution is -2.15. The number of anilines is 2. The van der Waals surface area contributed by atoms with Gasteiger partial charge in [0, 0.05) is 10.2 Å². The van der Waals surface area contributed by atoms with E-state index in [2.05, 4.69) is 21.2 Å². The summed E-state index contributed by atoms with van der Waals surface area (Å²) in [5.74, 6) is -0.228. The van der Waals surface area contributed by atoms with Crippen LogP contribution in [0.1, 0.15) is 5.56 Å². The van der Waals surface area contributed by atoms with Gasteiger partial charge in [-0.1, -0.05) is 57.3 Å². The van der Waals surface area contributed by atoms with Crippen LogP contribution in [0, 0.1) is 0 Å². The molecule has 0 spiro atoms. The fraction of sp³-hybridized carbons (Fsp3) is 0.0714. The smallest absolute Gasteiger partial charge is 0.228 e. The van der Waals surface area contributed by atoms with E-state index in [1.807, 2.05) is 12.1 Å². The molecule has 104 valence electrons. The Balaban J connectivity index is 2.15. The fourth-order valence-corrected chi connectivity index (χ4v) is 3.02. The molecule has 2 aromatic rings. The minimum Gasteiger partial charge on any atom is -0.398 e. The lowest BCUT2D eigenvalue weighted by Gasteiger charge is -2.10. The highest BCUT2D eigenvalue weighted by molar-refractivity contribution is 9.10. The SMILES string of the molecule is Nc1ccccc1CC(=O)Nc1c(Cl)cc(Br)cc1Cl. The van der Waals surface area contributed by atoms with Gasteiger partial charge in [-0.15, -0.1) is 0 Å². The number of rotatable bonds is 3. The highest BCUT2D eigenvalue weighted by Gasteiger charge is 2.12. The van der Waals surface area contributed by atoms with E-state index in [0.29, 0.717) is 21.4 Å². The molecule has 1 amide bonds. The topological polar surface area (TPSA) is 55.1 Å². The highest BCUT2D eigenvalue weighted by atomic mass is 79.9. The van der Waals surface area contributed by atoms with Gasteiger partial charge >= 0.3 is 0 Å². The molecule has 0 aliphatic carbocycles. The van der Waals surface area contributed by atoms with Gasteiger partial charge in [0.25, 0.3) is 0 Å². The maximum Gasteiger partial charge on any atom is 0.228 e. The largest absolute Gasteiger partial charge is 0.398 e. The van der Waals surface area contributed by atoms with E-state index < -0.39 is 0 Å². The van der Waals surface area contributed by atoms with Crippen molar-refractivity contribution in [3.63, 3.8) is 0 Å². The third kappa shape index (κ3) is 3.66. The molecule has 0 saturated carbocycles. The van der Waals surface area contributed by atoms with E-state index in [1.165, 1.54) is 0 Å². The van der Waals surface area contributed by atoms with Crippen LogP contribution in [0.5, 0.6) is 0 Å². The summed E-state index contributed by atoms with van der Waals surface area (Å²) >= 11 is 15.4. The second-order valence-electron chi connectivity index (χ2n) is 4.17. The summed E-state index contributed by atoms with van der Waals surface area (Å²) < 4.78 is 0.748. The highest BCUT2D eigenvalue weighted by Crippen LogP contribution is 2.33. The van der Waals surface area contributed by atoms with Gasteiger partial charge in [0.2, 0.25) is 5.91 Å². The Bertz CT molecular complexity index is 638.